The Hall–Kier alpha value is -3.82. The molecule has 0 aliphatic carbocycles. The summed E-state index contributed by atoms with van der Waals surface area (Å²) in [6.45, 7) is 1.78. The number of anilines is 1. The molecule has 1 amide bonds. The molecule has 0 radical (unpaired) electrons. The highest BCUT2D eigenvalue weighted by atomic mass is 32.2. The van der Waals surface area contributed by atoms with Gasteiger partial charge in [-0.2, -0.15) is 5.10 Å². The summed E-state index contributed by atoms with van der Waals surface area (Å²) in [5.74, 6) is -0.299. The minimum atomic E-state index is -3.77. The van der Waals surface area contributed by atoms with E-state index in [0.29, 0.717) is 11.3 Å². The average molecular weight is 448 g/mol. The van der Waals surface area contributed by atoms with Crippen LogP contribution in [0.25, 0.3) is 5.69 Å². The molecule has 4 aromatic rings. The molecule has 2 aromatic carbocycles. The largest absolute Gasteiger partial charge is 0.322 e. The maximum Gasteiger partial charge on any atom is 0.255 e. The molecule has 0 aliphatic rings. The summed E-state index contributed by atoms with van der Waals surface area (Å²) in [6.07, 6.45) is 6.56. The van der Waals surface area contributed by atoms with Crippen LogP contribution >= 0.6 is 0 Å². The van der Waals surface area contributed by atoms with Crippen LogP contribution in [0.2, 0.25) is 0 Å². The zero-order chi connectivity index (χ0) is 22.6. The molecular formula is C23H21N5O3S. The highest BCUT2D eigenvalue weighted by molar-refractivity contribution is 7.89. The topological polar surface area (TPSA) is 106 Å². The van der Waals surface area contributed by atoms with Crippen molar-refractivity contribution in [3.63, 3.8) is 0 Å². The van der Waals surface area contributed by atoms with E-state index in [4.69, 9.17) is 0 Å². The first-order valence-electron chi connectivity index (χ1n) is 9.86. The van der Waals surface area contributed by atoms with Gasteiger partial charge in [0.1, 0.15) is 0 Å². The van der Waals surface area contributed by atoms with Crippen molar-refractivity contribution in [1.29, 1.82) is 0 Å². The van der Waals surface area contributed by atoms with E-state index in [1.54, 1.807) is 42.1 Å². The molecular weight excluding hydrogens is 426 g/mol. The first-order valence-corrected chi connectivity index (χ1v) is 11.3. The van der Waals surface area contributed by atoms with Crippen molar-refractivity contribution in [2.24, 2.45) is 0 Å². The summed E-state index contributed by atoms with van der Waals surface area (Å²) in [5, 5.41) is 6.93. The van der Waals surface area contributed by atoms with Crippen LogP contribution in [0.4, 0.5) is 5.69 Å². The molecule has 1 atom stereocenters. The first-order chi connectivity index (χ1) is 15.4. The minimum absolute atomic E-state index is 0.106. The second-order valence-electron chi connectivity index (χ2n) is 7.10. The Kier molecular flexibility index (Phi) is 6.11. The van der Waals surface area contributed by atoms with E-state index in [2.05, 4.69) is 20.1 Å². The number of amides is 1. The van der Waals surface area contributed by atoms with Gasteiger partial charge in [0.05, 0.1) is 10.6 Å². The molecule has 0 spiro atoms. The van der Waals surface area contributed by atoms with Crippen molar-refractivity contribution in [2.45, 2.75) is 17.9 Å². The summed E-state index contributed by atoms with van der Waals surface area (Å²) in [6, 6.07) is 18.1. The van der Waals surface area contributed by atoms with Crippen molar-refractivity contribution >= 4 is 21.6 Å². The zero-order valence-corrected chi connectivity index (χ0v) is 18.0. The second-order valence-corrected chi connectivity index (χ2v) is 8.82. The SMILES string of the molecule is C[C@@H](NS(=O)(=O)c1ccc(NC(=O)c2ccncc2)cc1)c1cccc(-n2cccn2)c1. The van der Waals surface area contributed by atoms with E-state index in [9.17, 15) is 13.2 Å². The molecule has 9 heteroatoms. The van der Waals surface area contributed by atoms with Gasteiger partial charge in [0, 0.05) is 42.1 Å². The summed E-state index contributed by atoms with van der Waals surface area (Å²) >= 11 is 0. The number of aromatic nitrogens is 3. The molecule has 2 N–H and O–H groups in total. The number of sulfonamides is 1. The van der Waals surface area contributed by atoms with Gasteiger partial charge in [-0.25, -0.2) is 17.8 Å². The van der Waals surface area contributed by atoms with Gasteiger partial charge in [0.2, 0.25) is 10.0 Å². The van der Waals surface area contributed by atoms with Crippen LogP contribution in [0.3, 0.4) is 0 Å². The highest BCUT2D eigenvalue weighted by Crippen LogP contribution is 2.21. The molecule has 2 aromatic heterocycles. The highest BCUT2D eigenvalue weighted by Gasteiger charge is 2.19. The quantitative estimate of drug-likeness (QED) is 0.451. The molecule has 0 saturated heterocycles. The van der Waals surface area contributed by atoms with Crippen molar-refractivity contribution in [2.75, 3.05) is 5.32 Å². The van der Waals surface area contributed by atoms with Gasteiger partial charge in [-0.3, -0.25) is 9.78 Å². The van der Waals surface area contributed by atoms with E-state index < -0.39 is 16.1 Å². The van der Waals surface area contributed by atoms with Crippen LogP contribution < -0.4 is 10.0 Å². The average Bonchev–Trinajstić information content (AvgIpc) is 3.35. The Balaban J connectivity index is 1.45. The zero-order valence-electron chi connectivity index (χ0n) is 17.2. The third kappa shape index (κ3) is 4.90. The molecule has 4 rings (SSSR count). The van der Waals surface area contributed by atoms with Crippen molar-refractivity contribution in [3.8, 4) is 5.69 Å². The second kappa shape index (κ2) is 9.13. The normalized spacial score (nSPS) is 12.3. The van der Waals surface area contributed by atoms with Crippen LogP contribution in [0, 0.1) is 0 Å². The first kappa shape index (κ1) is 21.4. The molecule has 2 heterocycles. The van der Waals surface area contributed by atoms with Crippen molar-refractivity contribution in [3.05, 3.63) is 103 Å². The number of carbonyl (C=O) groups excluding carboxylic acids is 1. The van der Waals surface area contributed by atoms with Crippen LogP contribution in [0.1, 0.15) is 28.9 Å². The molecule has 8 nitrogen and oxygen atoms in total. The lowest BCUT2D eigenvalue weighted by Gasteiger charge is -2.16. The standard InChI is InChI=1S/C23H21N5O3S/c1-17(19-4-2-5-21(16-19)28-15-3-12-25-28)27-32(30,31)22-8-6-20(7-9-22)26-23(29)18-10-13-24-14-11-18/h2-17,27H,1H3,(H,26,29)/t17-/m1/s1. The van der Waals surface area contributed by atoms with Crippen LogP contribution in [0.15, 0.2) is 96.4 Å². The van der Waals surface area contributed by atoms with Gasteiger partial charge in [-0.15, -0.1) is 0 Å². The third-order valence-corrected chi connectivity index (χ3v) is 6.39. The van der Waals surface area contributed by atoms with E-state index in [1.165, 1.54) is 24.5 Å². The van der Waals surface area contributed by atoms with Gasteiger partial charge in [-0.1, -0.05) is 12.1 Å². The molecule has 32 heavy (non-hydrogen) atoms. The predicted molar refractivity (Wildman–Crippen MR) is 121 cm³/mol. The van der Waals surface area contributed by atoms with E-state index >= 15 is 0 Å². The van der Waals surface area contributed by atoms with Crippen molar-refractivity contribution in [1.82, 2.24) is 19.5 Å². The number of nitrogens with one attached hydrogen (secondary N) is 2. The Bertz CT molecular complexity index is 1310. The number of nitrogens with zero attached hydrogens (tertiary/aromatic N) is 3. The van der Waals surface area contributed by atoms with Gasteiger partial charge in [0.25, 0.3) is 5.91 Å². The Morgan fingerprint density at radius 1 is 0.969 bits per heavy atom. The fraction of sp³-hybridized carbons (Fsp3) is 0.0870. The van der Waals surface area contributed by atoms with Crippen molar-refractivity contribution < 1.29 is 13.2 Å². The van der Waals surface area contributed by atoms with Gasteiger partial charge in [0.15, 0.2) is 0 Å². The molecule has 0 aliphatic heterocycles. The summed E-state index contributed by atoms with van der Waals surface area (Å²) < 4.78 is 30.1. The Morgan fingerprint density at radius 2 is 1.72 bits per heavy atom. The van der Waals surface area contributed by atoms with E-state index in [0.717, 1.165) is 11.3 Å². The Morgan fingerprint density at radius 3 is 2.41 bits per heavy atom. The maximum absolute atomic E-state index is 12.9. The molecule has 0 bridgehead atoms. The number of hydrogen-bond donors (Lipinski definition) is 2. The predicted octanol–water partition coefficient (Wildman–Crippen LogP) is 3.56. The Labute approximate surface area is 186 Å². The lowest BCUT2D eigenvalue weighted by Crippen LogP contribution is -2.27. The maximum atomic E-state index is 12.9. The van der Waals surface area contributed by atoms with E-state index in [1.807, 2.05) is 36.5 Å². The van der Waals surface area contributed by atoms with Gasteiger partial charge in [-0.05, 0) is 67.1 Å². The molecule has 0 unspecified atom stereocenters. The number of pyridine rings is 1. The van der Waals surface area contributed by atoms with E-state index in [-0.39, 0.29) is 10.8 Å². The number of carbonyl (C=O) groups is 1. The fourth-order valence-corrected chi connectivity index (χ4v) is 4.38. The monoisotopic (exact) mass is 447 g/mol. The summed E-state index contributed by atoms with van der Waals surface area (Å²) in [5.41, 5.74) is 2.60. The molecule has 0 saturated carbocycles. The lowest BCUT2D eigenvalue weighted by atomic mass is 10.1. The summed E-state index contributed by atoms with van der Waals surface area (Å²) in [4.78, 5) is 16.2. The van der Waals surface area contributed by atoms with Crippen LogP contribution in [-0.2, 0) is 10.0 Å². The van der Waals surface area contributed by atoms with Gasteiger partial charge >= 0.3 is 0 Å². The lowest BCUT2D eigenvalue weighted by molar-refractivity contribution is 0.102. The smallest absolute Gasteiger partial charge is 0.255 e. The number of rotatable bonds is 7. The van der Waals surface area contributed by atoms with Crippen LogP contribution in [0.5, 0.6) is 0 Å². The molecule has 162 valence electrons. The summed E-state index contributed by atoms with van der Waals surface area (Å²) in [7, 11) is -3.77. The number of hydrogen-bond acceptors (Lipinski definition) is 5. The number of benzene rings is 2. The third-order valence-electron chi connectivity index (χ3n) is 4.84. The van der Waals surface area contributed by atoms with Gasteiger partial charge < -0.3 is 5.32 Å². The van der Waals surface area contributed by atoms with Crippen LogP contribution in [-0.4, -0.2) is 29.1 Å². The fourth-order valence-electron chi connectivity index (χ4n) is 3.15. The minimum Gasteiger partial charge on any atom is -0.322 e. The molecule has 0 fully saturated rings.